The molecule has 0 radical (unpaired) electrons. The van der Waals surface area contributed by atoms with Crippen LogP contribution in [0.3, 0.4) is 0 Å². The highest BCUT2D eigenvalue weighted by Crippen LogP contribution is 2.24. The minimum absolute atomic E-state index is 0.0419. The van der Waals surface area contributed by atoms with Crippen molar-refractivity contribution in [3.8, 4) is 6.07 Å². The van der Waals surface area contributed by atoms with Crippen molar-refractivity contribution in [1.29, 1.82) is 5.26 Å². The molecule has 1 aromatic carbocycles. The van der Waals surface area contributed by atoms with Crippen molar-refractivity contribution in [2.75, 3.05) is 4.72 Å². The summed E-state index contributed by atoms with van der Waals surface area (Å²) in [7, 11) is -3.81. The minimum Gasteiger partial charge on any atom is -0.477 e. The second kappa shape index (κ2) is 5.95. The van der Waals surface area contributed by atoms with Gasteiger partial charge in [-0.15, -0.1) is 11.3 Å². The Balaban J connectivity index is 2.20. The Labute approximate surface area is 125 Å². The maximum absolute atomic E-state index is 12.1. The average molecular weight is 322 g/mol. The van der Waals surface area contributed by atoms with Gasteiger partial charge in [0.1, 0.15) is 9.09 Å². The fourth-order valence-electron chi connectivity index (χ4n) is 1.57. The third kappa shape index (κ3) is 3.59. The first-order valence-electron chi connectivity index (χ1n) is 5.74. The molecule has 108 valence electrons. The van der Waals surface area contributed by atoms with Crippen molar-refractivity contribution in [3.05, 3.63) is 46.8 Å². The number of hydrogen-bond acceptors (Lipinski definition) is 5. The molecule has 1 aromatic heterocycles. The van der Waals surface area contributed by atoms with Crippen LogP contribution in [0.4, 0.5) is 5.69 Å². The van der Waals surface area contributed by atoms with Gasteiger partial charge in [0.05, 0.1) is 12.5 Å². The molecule has 6 nitrogen and oxygen atoms in total. The third-order valence-electron chi connectivity index (χ3n) is 2.55. The van der Waals surface area contributed by atoms with E-state index in [1.165, 1.54) is 12.1 Å². The van der Waals surface area contributed by atoms with Crippen LogP contribution in [-0.2, 0) is 16.4 Å². The summed E-state index contributed by atoms with van der Waals surface area (Å²) in [5.41, 5.74) is 1.13. The number of hydrogen-bond donors (Lipinski definition) is 2. The fourth-order valence-corrected chi connectivity index (χ4v) is 3.77. The molecular formula is C13H10N2O4S2. The van der Waals surface area contributed by atoms with Crippen LogP contribution >= 0.6 is 11.3 Å². The van der Waals surface area contributed by atoms with E-state index >= 15 is 0 Å². The number of thiophene rings is 1. The zero-order valence-electron chi connectivity index (χ0n) is 10.6. The van der Waals surface area contributed by atoms with Crippen LogP contribution in [-0.4, -0.2) is 19.5 Å². The Morgan fingerprint density at radius 2 is 1.90 bits per heavy atom. The summed E-state index contributed by atoms with van der Waals surface area (Å²) in [6.45, 7) is 0. The van der Waals surface area contributed by atoms with Crippen molar-refractivity contribution in [3.63, 3.8) is 0 Å². The maximum Gasteiger partial charge on any atom is 0.345 e. The van der Waals surface area contributed by atoms with Gasteiger partial charge < -0.3 is 5.11 Å². The van der Waals surface area contributed by atoms with Crippen LogP contribution in [0, 0.1) is 11.3 Å². The first-order chi connectivity index (χ1) is 9.92. The van der Waals surface area contributed by atoms with Crippen LogP contribution < -0.4 is 4.72 Å². The highest BCUT2D eigenvalue weighted by atomic mass is 32.2. The number of nitriles is 1. The first-order valence-corrected chi connectivity index (χ1v) is 8.04. The van der Waals surface area contributed by atoms with E-state index in [0.29, 0.717) is 17.0 Å². The number of sulfonamides is 1. The molecule has 0 aliphatic carbocycles. The Morgan fingerprint density at radius 1 is 1.24 bits per heavy atom. The number of rotatable bonds is 5. The van der Waals surface area contributed by atoms with Gasteiger partial charge in [0.25, 0.3) is 10.0 Å². The van der Waals surface area contributed by atoms with Gasteiger partial charge in [-0.05, 0) is 29.8 Å². The summed E-state index contributed by atoms with van der Waals surface area (Å²) >= 11 is 0.685. The molecule has 0 saturated carbocycles. The summed E-state index contributed by atoms with van der Waals surface area (Å²) in [6.07, 6.45) is 0.250. The third-order valence-corrected chi connectivity index (χ3v) is 5.49. The summed E-state index contributed by atoms with van der Waals surface area (Å²) in [4.78, 5) is 10.7. The molecule has 8 heteroatoms. The molecule has 0 fully saturated rings. The average Bonchev–Trinajstić information content (AvgIpc) is 2.92. The van der Waals surface area contributed by atoms with Crippen molar-refractivity contribution >= 4 is 33.0 Å². The monoisotopic (exact) mass is 322 g/mol. The molecular weight excluding hydrogens is 312 g/mol. The van der Waals surface area contributed by atoms with Crippen LogP contribution in [0.1, 0.15) is 15.2 Å². The van der Waals surface area contributed by atoms with Gasteiger partial charge in [-0.3, -0.25) is 4.72 Å². The first kappa shape index (κ1) is 15.0. The highest BCUT2D eigenvalue weighted by Gasteiger charge is 2.19. The second-order valence-corrected chi connectivity index (χ2v) is 7.05. The number of benzene rings is 1. The molecule has 0 spiro atoms. The van der Waals surface area contributed by atoms with Crippen LogP contribution in [0.2, 0.25) is 0 Å². The van der Waals surface area contributed by atoms with Crippen molar-refractivity contribution in [2.45, 2.75) is 10.6 Å². The van der Waals surface area contributed by atoms with Gasteiger partial charge in [0.15, 0.2) is 0 Å². The Hall–Kier alpha value is -2.37. The van der Waals surface area contributed by atoms with Crippen molar-refractivity contribution < 1.29 is 18.3 Å². The number of carboxylic acid groups (broad SMARTS) is 1. The fraction of sp³-hybridized carbons (Fsp3) is 0.0769. The van der Waals surface area contributed by atoms with E-state index in [-0.39, 0.29) is 15.5 Å². The summed E-state index contributed by atoms with van der Waals surface area (Å²) < 4.78 is 26.5. The van der Waals surface area contributed by atoms with E-state index < -0.39 is 16.0 Å². The molecule has 2 aromatic rings. The molecule has 0 bridgehead atoms. The zero-order valence-corrected chi connectivity index (χ0v) is 12.2. The number of anilines is 1. The maximum atomic E-state index is 12.1. The quantitative estimate of drug-likeness (QED) is 0.878. The van der Waals surface area contributed by atoms with Gasteiger partial charge in [-0.25, -0.2) is 13.2 Å². The lowest BCUT2D eigenvalue weighted by Gasteiger charge is -2.06. The summed E-state index contributed by atoms with van der Waals surface area (Å²) in [5, 5.41) is 17.4. The van der Waals surface area contributed by atoms with Gasteiger partial charge in [-0.2, -0.15) is 5.26 Å². The standard InChI is InChI=1S/C13H10N2O4S2/c14-8-7-9-1-3-10(4-2-9)15-21(18,19)12-6-5-11(20-12)13(16)17/h1-6,15H,7H2,(H,16,17). The molecule has 21 heavy (non-hydrogen) atoms. The number of nitrogens with one attached hydrogen (secondary N) is 1. The van der Waals surface area contributed by atoms with Crippen LogP contribution in [0.5, 0.6) is 0 Å². The number of aromatic carboxylic acids is 1. The predicted octanol–water partition coefficient (Wildman–Crippen LogP) is 2.31. The van der Waals surface area contributed by atoms with Gasteiger partial charge in [0.2, 0.25) is 0 Å². The van der Waals surface area contributed by atoms with Crippen LogP contribution in [0.25, 0.3) is 0 Å². The Kier molecular flexibility index (Phi) is 4.26. The normalized spacial score (nSPS) is 10.8. The van der Waals surface area contributed by atoms with E-state index in [0.717, 1.165) is 5.56 Å². The number of carboxylic acids is 1. The molecule has 2 N–H and O–H groups in total. The van der Waals surface area contributed by atoms with Crippen molar-refractivity contribution in [1.82, 2.24) is 0 Å². The number of carbonyl (C=O) groups is 1. The molecule has 1 heterocycles. The van der Waals surface area contributed by atoms with Crippen LogP contribution in [0.15, 0.2) is 40.6 Å². The van der Waals surface area contributed by atoms with Gasteiger partial charge in [0, 0.05) is 5.69 Å². The Morgan fingerprint density at radius 3 is 2.43 bits per heavy atom. The largest absolute Gasteiger partial charge is 0.477 e. The lowest BCUT2D eigenvalue weighted by atomic mass is 10.1. The molecule has 0 amide bonds. The number of nitrogens with zero attached hydrogens (tertiary/aromatic N) is 1. The SMILES string of the molecule is N#CCc1ccc(NS(=O)(=O)c2ccc(C(=O)O)s2)cc1. The minimum atomic E-state index is -3.81. The zero-order chi connectivity index (χ0) is 15.5. The summed E-state index contributed by atoms with van der Waals surface area (Å²) in [5.74, 6) is -1.16. The smallest absolute Gasteiger partial charge is 0.345 e. The second-order valence-electron chi connectivity index (χ2n) is 4.06. The summed E-state index contributed by atoms with van der Waals surface area (Å²) in [6, 6.07) is 10.9. The molecule has 0 atom stereocenters. The van der Waals surface area contributed by atoms with E-state index in [9.17, 15) is 13.2 Å². The molecule has 0 aliphatic rings. The van der Waals surface area contributed by atoms with E-state index in [1.807, 2.05) is 6.07 Å². The van der Waals surface area contributed by atoms with Gasteiger partial charge >= 0.3 is 5.97 Å². The highest BCUT2D eigenvalue weighted by molar-refractivity contribution is 7.94. The predicted molar refractivity (Wildman–Crippen MR) is 77.8 cm³/mol. The van der Waals surface area contributed by atoms with E-state index in [2.05, 4.69) is 4.72 Å². The van der Waals surface area contributed by atoms with E-state index in [1.54, 1.807) is 24.3 Å². The molecule has 0 aliphatic heterocycles. The lowest BCUT2D eigenvalue weighted by molar-refractivity contribution is 0.0702. The molecule has 0 unspecified atom stereocenters. The topological polar surface area (TPSA) is 107 Å². The molecule has 2 rings (SSSR count). The van der Waals surface area contributed by atoms with Gasteiger partial charge in [-0.1, -0.05) is 12.1 Å². The Bertz CT molecular complexity index is 801. The van der Waals surface area contributed by atoms with E-state index in [4.69, 9.17) is 10.4 Å². The van der Waals surface area contributed by atoms with Crippen molar-refractivity contribution in [2.24, 2.45) is 0 Å². The molecule has 0 saturated heterocycles. The lowest BCUT2D eigenvalue weighted by Crippen LogP contribution is -2.11.